The van der Waals surface area contributed by atoms with Crippen molar-refractivity contribution < 1.29 is 19.1 Å². The van der Waals surface area contributed by atoms with Crippen molar-refractivity contribution in [1.82, 2.24) is 15.5 Å². The van der Waals surface area contributed by atoms with E-state index < -0.39 is 0 Å². The average molecular weight is 428 g/mol. The summed E-state index contributed by atoms with van der Waals surface area (Å²) >= 11 is 0. The molecular weight excluding hydrogens is 394 g/mol. The minimum Gasteiger partial charge on any atom is -0.497 e. The van der Waals surface area contributed by atoms with E-state index in [1.165, 1.54) is 0 Å². The van der Waals surface area contributed by atoms with Gasteiger partial charge in [0.25, 0.3) is 5.91 Å². The third kappa shape index (κ3) is 5.38. The Morgan fingerprint density at radius 1 is 0.871 bits per heavy atom. The van der Waals surface area contributed by atoms with Crippen LogP contribution in [0.3, 0.4) is 0 Å². The highest BCUT2D eigenvalue weighted by molar-refractivity contribution is 5.94. The van der Waals surface area contributed by atoms with Crippen molar-refractivity contribution >= 4 is 17.7 Å². The number of amides is 3. The second-order valence-corrected chi connectivity index (χ2v) is 9.11. The number of ether oxygens (including phenoxy) is 1. The maximum Gasteiger partial charge on any atom is 0.251 e. The van der Waals surface area contributed by atoms with Gasteiger partial charge in [-0.2, -0.15) is 0 Å². The Bertz CT molecular complexity index is 806. The van der Waals surface area contributed by atoms with Gasteiger partial charge in [0.15, 0.2) is 0 Å². The fourth-order valence-electron chi connectivity index (χ4n) is 4.75. The molecule has 7 nitrogen and oxygen atoms in total. The number of nitrogens with one attached hydrogen (secondary N) is 2. The summed E-state index contributed by atoms with van der Waals surface area (Å²) in [6.45, 7) is 1.29. The van der Waals surface area contributed by atoms with Gasteiger partial charge in [0.2, 0.25) is 11.8 Å². The van der Waals surface area contributed by atoms with Crippen LogP contribution in [-0.4, -0.2) is 54.9 Å². The molecule has 7 heteroatoms. The number of likely N-dealkylation sites (tertiary alicyclic amines) is 1. The number of hydrogen-bond donors (Lipinski definition) is 2. The summed E-state index contributed by atoms with van der Waals surface area (Å²) in [4.78, 5) is 40.0. The molecule has 3 amide bonds. The van der Waals surface area contributed by atoms with Crippen LogP contribution in [0.25, 0.3) is 0 Å². The third-order valence-electron chi connectivity index (χ3n) is 6.79. The van der Waals surface area contributed by atoms with Crippen LogP contribution >= 0.6 is 0 Å². The minimum absolute atomic E-state index is 0.0175. The fourth-order valence-corrected chi connectivity index (χ4v) is 4.75. The normalized spacial score (nSPS) is 26.1. The average Bonchev–Trinajstić information content (AvgIpc) is 3.65. The molecule has 31 heavy (non-hydrogen) atoms. The first kappa shape index (κ1) is 21.7. The molecule has 1 aliphatic heterocycles. The van der Waals surface area contributed by atoms with Crippen molar-refractivity contribution in [1.29, 1.82) is 0 Å². The molecule has 1 aromatic rings. The summed E-state index contributed by atoms with van der Waals surface area (Å²) in [5, 5.41) is 6.33. The molecule has 3 aliphatic rings. The van der Waals surface area contributed by atoms with Crippen LogP contribution in [0.5, 0.6) is 5.75 Å². The van der Waals surface area contributed by atoms with Crippen LogP contribution in [0.4, 0.5) is 0 Å². The summed E-state index contributed by atoms with van der Waals surface area (Å²) < 4.78 is 5.15. The van der Waals surface area contributed by atoms with Gasteiger partial charge >= 0.3 is 0 Å². The Morgan fingerprint density at radius 3 is 2.19 bits per heavy atom. The highest BCUT2D eigenvalue weighted by atomic mass is 16.5. The topological polar surface area (TPSA) is 87.7 Å². The van der Waals surface area contributed by atoms with Crippen LogP contribution in [0.2, 0.25) is 0 Å². The quantitative estimate of drug-likeness (QED) is 0.730. The van der Waals surface area contributed by atoms with Gasteiger partial charge in [-0.05, 0) is 62.8 Å². The molecular formula is C24H33N3O4. The van der Waals surface area contributed by atoms with Gasteiger partial charge in [-0.25, -0.2) is 0 Å². The van der Waals surface area contributed by atoms with Gasteiger partial charge in [-0.1, -0.05) is 12.8 Å². The van der Waals surface area contributed by atoms with Gasteiger partial charge in [0.05, 0.1) is 13.0 Å². The number of carbonyl (C=O) groups is 3. The molecule has 2 saturated carbocycles. The van der Waals surface area contributed by atoms with E-state index in [2.05, 4.69) is 10.6 Å². The first-order valence-electron chi connectivity index (χ1n) is 11.6. The van der Waals surface area contributed by atoms with E-state index in [1.54, 1.807) is 31.4 Å². The van der Waals surface area contributed by atoms with E-state index in [0.29, 0.717) is 17.9 Å². The SMILES string of the molecule is COc1ccc(C(=O)N[C@@H]2CCCC[C@H]2NC(=O)[C@H]2CCCN(C(=O)C3CC3)C2)cc1. The number of rotatable bonds is 6. The number of carbonyl (C=O) groups excluding carboxylic acids is 3. The van der Waals surface area contributed by atoms with E-state index >= 15 is 0 Å². The summed E-state index contributed by atoms with van der Waals surface area (Å²) in [6, 6.07) is 6.88. The van der Waals surface area contributed by atoms with Gasteiger partial charge < -0.3 is 20.3 Å². The standard InChI is InChI=1S/C24H33N3O4/c1-31-19-12-10-16(11-13-19)22(28)25-20-6-2-3-7-21(20)26-23(29)18-5-4-14-27(15-18)24(30)17-8-9-17/h10-13,17-18,20-21H,2-9,14-15H2,1H3,(H,25,28)(H,26,29)/t18-,20+,21+/m0/s1. The van der Waals surface area contributed by atoms with Crippen molar-refractivity contribution in [2.24, 2.45) is 11.8 Å². The lowest BCUT2D eigenvalue weighted by Gasteiger charge is -2.36. The Balaban J connectivity index is 1.33. The lowest BCUT2D eigenvalue weighted by molar-refractivity contribution is -0.137. The van der Waals surface area contributed by atoms with Crippen LogP contribution in [0, 0.1) is 11.8 Å². The number of hydrogen-bond acceptors (Lipinski definition) is 4. The summed E-state index contributed by atoms with van der Waals surface area (Å²) in [5.41, 5.74) is 0.581. The molecule has 2 N–H and O–H groups in total. The minimum atomic E-state index is -0.156. The van der Waals surface area contributed by atoms with Crippen LogP contribution < -0.4 is 15.4 Å². The number of piperidine rings is 1. The van der Waals surface area contributed by atoms with Crippen LogP contribution in [0.15, 0.2) is 24.3 Å². The van der Waals surface area contributed by atoms with Crippen LogP contribution in [0.1, 0.15) is 61.7 Å². The summed E-state index contributed by atoms with van der Waals surface area (Å²) in [6.07, 6.45) is 7.45. The first-order chi connectivity index (χ1) is 15.0. The van der Waals surface area contributed by atoms with Crippen molar-refractivity contribution in [3.63, 3.8) is 0 Å². The second kappa shape index (κ2) is 9.71. The molecule has 4 rings (SSSR count). The summed E-state index contributed by atoms with van der Waals surface area (Å²) in [5.74, 6) is 0.853. The molecule has 0 spiro atoms. The van der Waals surface area contributed by atoms with Gasteiger partial charge in [-0.15, -0.1) is 0 Å². The van der Waals surface area contributed by atoms with E-state index in [0.717, 1.165) is 57.9 Å². The first-order valence-corrected chi connectivity index (χ1v) is 11.6. The number of benzene rings is 1. The highest BCUT2D eigenvalue weighted by Crippen LogP contribution is 2.32. The van der Waals surface area contributed by atoms with E-state index in [9.17, 15) is 14.4 Å². The molecule has 168 valence electrons. The predicted molar refractivity (Wildman–Crippen MR) is 117 cm³/mol. The largest absolute Gasteiger partial charge is 0.497 e. The Labute approximate surface area is 183 Å². The van der Waals surface area contributed by atoms with Crippen molar-refractivity contribution in [3.05, 3.63) is 29.8 Å². The van der Waals surface area contributed by atoms with Crippen molar-refractivity contribution in [2.45, 2.75) is 63.5 Å². The Kier molecular flexibility index (Phi) is 6.78. The zero-order chi connectivity index (χ0) is 21.8. The monoisotopic (exact) mass is 427 g/mol. The Morgan fingerprint density at radius 2 is 1.55 bits per heavy atom. The molecule has 0 unspecified atom stereocenters. The van der Waals surface area contributed by atoms with Gasteiger partial charge in [0.1, 0.15) is 5.75 Å². The lowest BCUT2D eigenvalue weighted by Crippen LogP contribution is -2.55. The molecule has 2 aliphatic carbocycles. The van der Waals surface area contributed by atoms with E-state index in [1.807, 2.05) is 4.90 Å². The molecule has 3 fully saturated rings. The van der Waals surface area contributed by atoms with E-state index in [4.69, 9.17) is 4.74 Å². The van der Waals surface area contributed by atoms with Crippen molar-refractivity contribution in [3.8, 4) is 5.75 Å². The van der Waals surface area contributed by atoms with Crippen molar-refractivity contribution in [2.75, 3.05) is 20.2 Å². The number of methoxy groups -OCH3 is 1. The second-order valence-electron chi connectivity index (χ2n) is 9.11. The van der Waals surface area contributed by atoms with E-state index in [-0.39, 0.29) is 41.6 Å². The fraction of sp³-hybridized carbons (Fsp3) is 0.625. The zero-order valence-corrected chi connectivity index (χ0v) is 18.3. The third-order valence-corrected chi connectivity index (χ3v) is 6.79. The lowest BCUT2D eigenvalue weighted by atomic mass is 9.88. The molecule has 0 aromatic heterocycles. The molecule has 3 atom stereocenters. The zero-order valence-electron chi connectivity index (χ0n) is 18.3. The van der Waals surface area contributed by atoms with Gasteiger partial charge in [-0.3, -0.25) is 14.4 Å². The predicted octanol–water partition coefficient (Wildman–Crippen LogP) is 2.50. The number of nitrogens with zero attached hydrogens (tertiary/aromatic N) is 1. The molecule has 1 saturated heterocycles. The van der Waals surface area contributed by atoms with Gasteiger partial charge in [0, 0.05) is 36.7 Å². The van der Waals surface area contributed by atoms with Crippen LogP contribution in [-0.2, 0) is 9.59 Å². The molecule has 0 radical (unpaired) electrons. The highest BCUT2D eigenvalue weighted by Gasteiger charge is 2.37. The smallest absolute Gasteiger partial charge is 0.251 e. The maximum absolute atomic E-state index is 13.0. The molecule has 0 bridgehead atoms. The maximum atomic E-state index is 13.0. The summed E-state index contributed by atoms with van der Waals surface area (Å²) in [7, 11) is 1.60. The molecule has 1 heterocycles. The molecule has 1 aromatic carbocycles. The Hall–Kier alpha value is -2.57.